The fourth-order valence-electron chi connectivity index (χ4n) is 1.32. The monoisotopic (exact) mass is 239 g/mol. The van der Waals surface area contributed by atoms with Crippen LogP contribution in [0.4, 0.5) is 0 Å². The van der Waals surface area contributed by atoms with Gasteiger partial charge in [-0.1, -0.05) is 26.0 Å². The smallest absolute Gasteiger partial charge is 0.339 e. The van der Waals surface area contributed by atoms with Crippen LogP contribution >= 0.6 is 11.9 Å². The summed E-state index contributed by atoms with van der Waals surface area (Å²) in [5, 5.41) is 0. The number of nitrogens with zero attached hydrogens (tertiary/aromatic N) is 1. The Kier molecular flexibility index (Phi) is 5.35. The molecule has 3 nitrogen and oxygen atoms in total. The predicted octanol–water partition coefficient (Wildman–Crippen LogP) is 2.82. The Balaban J connectivity index is 2.90. The molecule has 0 amide bonds. The van der Waals surface area contributed by atoms with E-state index in [4.69, 9.17) is 4.74 Å². The van der Waals surface area contributed by atoms with Gasteiger partial charge < -0.3 is 4.74 Å². The predicted molar refractivity (Wildman–Crippen MR) is 66.6 cm³/mol. The molecular weight excluding hydrogens is 222 g/mol. The SMILES string of the molecule is CCN(CC)Sc1ccccc1C(=O)OC. The first-order valence-corrected chi connectivity index (χ1v) is 6.10. The molecule has 0 unspecified atom stereocenters. The largest absolute Gasteiger partial charge is 0.465 e. The van der Waals surface area contributed by atoms with E-state index in [0.717, 1.165) is 18.0 Å². The van der Waals surface area contributed by atoms with E-state index >= 15 is 0 Å². The molecule has 0 saturated carbocycles. The van der Waals surface area contributed by atoms with E-state index in [-0.39, 0.29) is 5.97 Å². The highest BCUT2D eigenvalue weighted by atomic mass is 32.2. The Labute approximate surface area is 101 Å². The van der Waals surface area contributed by atoms with Crippen LogP contribution in [0.3, 0.4) is 0 Å². The van der Waals surface area contributed by atoms with Crippen LogP contribution in [0.2, 0.25) is 0 Å². The lowest BCUT2D eigenvalue weighted by molar-refractivity contribution is 0.0596. The van der Waals surface area contributed by atoms with Crippen LogP contribution in [0.1, 0.15) is 24.2 Å². The van der Waals surface area contributed by atoms with Gasteiger partial charge in [-0.25, -0.2) is 9.10 Å². The highest BCUT2D eigenvalue weighted by Crippen LogP contribution is 2.26. The van der Waals surface area contributed by atoms with Crippen LogP contribution in [0.5, 0.6) is 0 Å². The quantitative estimate of drug-likeness (QED) is 0.584. The third-order valence-corrected chi connectivity index (χ3v) is 3.55. The summed E-state index contributed by atoms with van der Waals surface area (Å²) in [6.07, 6.45) is 0. The number of carbonyl (C=O) groups excluding carboxylic acids is 1. The Morgan fingerprint density at radius 2 is 1.94 bits per heavy atom. The van der Waals surface area contributed by atoms with E-state index < -0.39 is 0 Å². The lowest BCUT2D eigenvalue weighted by atomic mass is 10.2. The number of carbonyl (C=O) groups is 1. The van der Waals surface area contributed by atoms with Crippen molar-refractivity contribution in [3.8, 4) is 0 Å². The maximum absolute atomic E-state index is 11.5. The molecule has 0 heterocycles. The van der Waals surface area contributed by atoms with Crippen LogP contribution < -0.4 is 0 Å². The van der Waals surface area contributed by atoms with Gasteiger partial charge in [0.25, 0.3) is 0 Å². The van der Waals surface area contributed by atoms with Crippen molar-refractivity contribution in [3.05, 3.63) is 29.8 Å². The summed E-state index contributed by atoms with van der Waals surface area (Å²) in [6.45, 7) is 6.07. The van der Waals surface area contributed by atoms with Crippen LogP contribution in [0, 0.1) is 0 Å². The summed E-state index contributed by atoms with van der Waals surface area (Å²) in [4.78, 5) is 12.5. The molecule has 1 rings (SSSR count). The minimum atomic E-state index is -0.282. The van der Waals surface area contributed by atoms with Crippen molar-refractivity contribution in [2.45, 2.75) is 18.7 Å². The molecule has 0 spiro atoms. The third-order valence-electron chi connectivity index (χ3n) is 2.23. The van der Waals surface area contributed by atoms with E-state index in [2.05, 4.69) is 18.2 Å². The molecule has 0 saturated heterocycles. The van der Waals surface area contributed by atoms with Crippen molar-refractivity contribution < 1.29 is 9.53 Å². The zero-order chi connectivity index (χ0) is 12.0. The average Bonchev–Trinajstić information content (AvgIpc) is 2.35. The van der Waals surface area contributed by atoms with Gasteiger partial charge in [0.2, 0.25) is 0 Å². The fraction of sp³-hybridized carbons (Fsp3) is 0.417. The van der Waals surface area contributed by atoms with Gasteiger partial charge >= 0.3 is 5.97 Å². The van der Waals surface area contributed by atoms with Gasteiger partial charge in [0.15, 0.2) is 0 Å². The molecule has 0 aromatic heterocycles. The van der Waals surface area contributed by atoms with Crippen molar-refractivity contribution in [1.29, 1.82) is 0 Å². The van der Waals surface area contributed by atoms with Gasteiger partial charge in [0.1, 0.15) is 0 Å². The van der Waals surface area contributed by atoms with Gasteiger partial charge in [-0.15, -0.1) is 0 Å². The normalized spacial score (nSPS) is 10.5. The molecule has 1 aromatic carbocycles. The molecule has 0 bridgehead atoms. The Hall–Kier alpha value is -1.00. The number of ether oxygens (including phenoxy) is 1. The fourth-order valence-corrected chi connectivity index (χ4v) is 2.24. The molecule has 0 aliphatic carbocycles. The standard InChI is InChI=1S/C12H17NO2S/c1-4-13(5-2)16-11-9-7-6-8-10(11)12(14)15-3/h6-9H,4-5H2,1-3H3. The van der Waals surface area contributed by atoms with E-state index in [0.29, 0.717) is 5.56 Å². The number of rotatable bonds is 5. The van der Waals surface area contributed by atoms with Crippen molar-refractivity contribution in [2.75, 3.05) is 20.2 Å². The third kappa shape index (κ3) is 3.25. The van der Waals surface area contributed by atoms with E-state index in [1.165, 1.54) is 7.11 Å². The summed E-state index contributed by atoms with van der Waals surface area (Å²) < 4.78 is 6.94. The van der Waals surface area contributed by atoms with Gasteiger partial charge in [0.05, 0.1) is 12.7 Å². The minimum Gasteiger partial charge on any atom is -0.465 e. The van der Waals surface area contributed by atoms with Gasteiger partial charge in [0, 0.05) is 18.0 Å². The maximum atomic E-state index is 11.5. The van der Waals surface area contributed by atoms with E-state index in [1.807, 2.05) is 18.2 Å². The maximum Gasteiger partial charge on any atom is 0.339 e. The molecule has 0 aliphatic rings. The summed E-state index contributed by atoms with van der Waals surface area (Å²) in [5.74, 6) is -0.282. The number of benzene rings is 1. The van der Waals surface area contributed by atoms with Crippen LogP contribution in [0.25, 0.3) is 0 Å². The van der Waals surface area contributed by atoms with Crippen LogP contribution in [-0.2, 0) is 4.74 Å². The molecule has 16 heavy (non-hydrogen) atoms. The van der Waals surface area contributed by atoms with E-state index in [1.54, 1.807) is 18.0 Å². The molecule has 0 atom stereocenters. The summed E-state index contributed by atoms with van der Waals surface area (Å²) in [7, 11) is 1.40. The lowest BCUT2D eigenvalue weighted by Crippen LogP contribution is -2.15. The first kappa shape index (κ1) is 13.1. The van der Waals surface area contributed by atoms with Crippen molar-refractivity contribution in [1.82, 2.24) is 4.31 Å². The highest BCUT2D eigenvalue weighted by Gasteiger charge is 2.13. The molecule has 0 N–H and O–H groups in total. The van der Waals surface area contributed by atoms with Crippen molar-refractivity contribution >= 4 is 17.9 Å². The summed E-state index contributed by atoms with van der Waals surface area (Å²) in [6, 6.07) is 7.50. The van der Waals surface area contributed by atoms with Crippen molar-refractivity contribution in [2.24, 2.45) is 0 Å². The highest BCUT2D eigenvalue weighted by molar-refractivity contribution is 7.97. The zero-order valence-electron chi connectivity index (χ0n) is 9.90. The summed E-state index contributed by atoms with van der Waals surface area (Å²) in [5.41, 5.74) is 0.627. The second kappa shape index (κ2) is 6.55. The molecule has 88 valence electrons. The Morgan fingerprint density at radius 1 is 1.31 bits per heavy atom. The molecule has 0 fully saturated rings. The first-order valence-electron chi connectivity index (χ1n) is 5.33. The van der Waals surface area contributed by atoms with Gasteiger partial charge in [-0.05, 0) is 24.1 Å². The van der Waals surface area contributed by atoms with Gasteiger partial charge in [-0.2, -0.15) is 0 Å². The number of hydrogen-bond acceptors (Lipinski definition) is 4. The molecule has 0 radical (unpaired) electrons. The zero-order valence-corrected chi connectivity index (χ0v) is 10.7. The topological polar surface area (TPSA) is 29.5 Å². The van der Waals surface area contributed by atoms with Crippen LogP contribution in [-0.4, -0.2) is 30.5 Å². The minimum absolute atomic E-state index is 0.282. The average molecular weight is 239 g/mol. The molecule has 0 aliphatic heterocycles. The second-order valence-electron chi connectivity index (χ2n) is 3.19. The Bertz CT molecular complexity index is 351. The van der Waals surface area contributed by atoms with Crippen LogP contribution in [0.15, 0.2) is 29.2 Å². The van der Waals surface area contributed by atoms with Gasteiger partial charge in [-0.3, -0.25) is 0 Å². The van der Waals surface area contributed by atoms with E-state index in [9.17, 15) is 4.79 Å². The number of esters is 1. The molecule has 4 heteroatoms. The Morgan fingerprint density at radius 3 is 2.50 bits per heavy atom. The number of methoxy groups -OCH3 is 1. The number of hydrogen-bond donors (Lipinski definition) is 0. The van der Waals surface area contributed by atoms with Crippen molar-refractivity contribution in [3.63, 3.8) is 0 Å². The molecular formula is C12H17NO2S. The summed E-state index contributed by atoms with van der Waals surface area (Å²) >= 11 is 1.59. The second-order valence-corrected chi connectivity index (χ2v) is 4.33. The first-order chi connectivity index (χ1) is 7.72. The molecule has 1 aromatic rings. The lowest BCUT2D eigenvalue weighted by Gasteiger charge is -2.17.